The van der Waals surface area contributed by atoms with Crippen molar-refractivity contribution in [1.29, 1.82) is 0 Å². The first-order valence-corrected chi connectivity index (χ1v) is 9.30. The summed E-state index contributed by atoms with van der Waals surface area (Å²) in [6, 6.07) is 9.05. The predicted octanol–water partition coefficient (Wildman–Crippen LogP) is 3.33. The van der Waals surface area contributed by atoms with E-state index in [1.54, 1.807) is 12.1 Å². The number of sulfonamides is 1. The topological polar surface area (TPSA) is 102 Å². The van der Waals surface area contributed by atoms with E-state index in [2.05, 4.69) is 4.72 Å². The van der Waals surface area contributed by atoms with Gasteiger partial charge in [0, 0.05) is 6.07 Å². The predicted molar refractivity (Wildman–Crippen MR) is 97.8 cm³/mol. The summed E-state index contributed by atoms with van der Waals surface area (Å²) >= 11 is 0. The molecule has 140 valence electrons. The Morgan fingerprint density at radius 2 is 1.69 bits per heavy atom. The van der Waals surface area contributed by atoms with Crippen LogP contribution in [-0.2, 0) is 10.0 Å². The minimum absolute atomic E-state index is 0.0242. The molecule has 0 saturated carbocycles. The highest BCUT2D eigenvalue weighted by molar-refractivity contribution is 7.92. The largest absolute Gasteiger partial charge is 0.497 e. The lowest BCUT2D eigenvalue weighted by atomic mass is 10.0. The van der Waals surface area contributed by atoms with Crippen LogP contribution in [0.3, 0.4) is 0 Å². The molecule has 2 aromatic carbocycles. The fraction of sp³-hybridized carbons (Fsp3) is 0.278. The van der Waals surface area contributed by atoms with E-state index in [0.29, 0.717) is 0 Å². The summed E-state index contributed by atoms with van der Waals surface area (Å²) in [4.78, 5) is 11.6. The maximum absolute atomic E-state index is 12.7. The van der Waals surface area contributed by atoms with E-state index >= 15 is 0 Å². The normalized spacial score (nSPS) is 11.3. The zero-order valence-electron chi connectivity index (χ0n) is 14.9. The zero-order valence-corrected chi connectivity index (χ0v) is 15.8. The summed E-state index contributed by atoms with van der Waals surface area (Å²) in [7, 11) is -1.31. The average molecular weight is 379 g/mol. The lowest BCUT2D eigenvalue weighted by Crippen LogP contribution is -2.16. The molecule has 0 atom stereocenters. The van der Waals surface area contributed by atoms with Crippen molar-refractivity contribution < 1.29 is 27.8 Å². The van der Waals surface area contributed by atoms with Gasteiger partial charge in [-0.15, -0.1) is 0 Å². The number of benzene rings is 2. The van der Waals surface area contributed by atoms with Gasteiger partial charge in [-0.05, 0) is 29.7 Å². The van der Waals surface area contributed by atoms with E-state index in [9.17, 15) is 18.3 Å². The average Bonchev–Trinajstić information content (AvgIpc) is 2.61. The third-order valence-corrected chi connectivity index (χ3v) is 5.22. The molecule has 0 saturated heterocycles. The van der Waals surface area contributed by atoms with E-state index in [0.717, 1.165) is 5.56 Å². The molecule has 0 aliphatic carbocycles. The second kappa shape index (κ2) is 7.65. The number of hydrogen-bond acceptors (Lipinski definition) is 5. The van der Waals surface area contributed by atoms with Gasteiger partial charge in [0.1, 0.15) is 17.2 Å². The molecule has 0 unspecified atom stereocenters. The van der Waals surface area contributed by atoms with Gasteiger partial charge >= 0.3 is 5.97 Å². The van der Waals surface area contributed by atoms with E-state index in [1.165, 1.54) is 38.5 Å². The van der Waals surface area contributed by atoms with Gasteiger partial charge < -0.3 is 14.6 Å². The van der Waals surface area contributed by atoms with Gasteiger partial charge in [-0.1, -0.05) is 26.0 Å². The van der Waals surface area contributed by atoms with Crippen molar-refractivity contribution in [2.75, 3.05) is 18.9 Å². The van der Waals surface area contributed by atoms with Crippen LogP contribution in [0.15, 0.2) is 41.3 Å². The molecule has 0 spiro atoms. The monoisotopic (exact) mass is 379 g/mol. The highest BCUT2D eigenvalue weighted by Gasteiger charge is 2.23. The van der Waals surface area contributed by atoms with E-state index < -0.39 is 16.0 Å². The summed E-state index contributed by atoms with van der Waals surface area (Å²) in [6.07, 6.45) is 0. The fourth-order valence-corrected chi connectivity index (χ4v) is 3.46. The highest BCUT2D eigenvalue weighted by Crippen LogP contribution is 2.35. The van der Waals surface area contributed by atoms with Crippen LogP contribution in [-0.4, -0.2) is 33.7 Å². The van der Waals surface area contributed by atoms with Crippen molar-refractivity contribution in [2.24, 2.45) is 0 Å². The first-order valence-electron chi connectivity index (χ1n) is 7.81. The summed E-state index contributed by atoms with van der Waals surface area (Å²) in [5.41, 5.74) is 0.564. The molecule has 0 aliphatic rings. The number of carbonyl (C=O) groups is 1. The second-order valence-electron chi connectivity index (χ2n) is 5.89. The van der Waals surface area contributed by atoms with Gasteiger partial charge in [0.25, 0.3) is 10.0 Å². The van der Waals surface area contributed by atoms with Crippen LogP contribution in [0.4, 0.5) is 5.69 Å². The van der Waals surface area contributed by atoms with Crippen LogP contribution in [0.2, 0.25) is 0 Å². The third-order valence-electron chi connectivity index (χ3n) is 3.86. The van der Waals surface area contributed by atoms with Crippen molar-refractivity contribution in [3.63, 3.8) is 0 Å². The van der Waals surface area contributed by atoms with Crippen LogP contribution in [0, 0.1) is 0 Å². The van der Waals surface area contributed by atoms with Gasteiger partial charge in [-0.25, -0.2) is 13.2 Å². The third kappa shape index (κ3) is 4.08. The van der Waals surface area contributed by atoms with Gasteiger partial charge in [0.05, 0.1) is 24.7 Å². The maximum Gasteiger partial charge on any atom is 0.338 e. The highest BCUT2D eigenvalue weighted by atomic mass is 32.2. The fourth-order valence-electron chi connectivity index (χ4n) is 2.37. The molecule has 0 radical (unpaired) electrons. The molecule has 2 N–H and O–H groups in total. The number of nitrogens with one attached hydrogen (secondary N) is 1. The minimum atomic E-state index is -4.00. The quantitative estimate of drug-likeness (QED) is 0.765. The van der Waals surface area contributed by atoms with Gasteiger partial charge in [0.15, 0.2) is 0 Å². The van der Waals surface area contributed by atoms with E-state index in [-0.39, 0.29) is 33.6 Å². The molecule has 7 nitrogen and oxygen atoms in total. The van der Waals surface area contributed by atoms with Crippen molar-refractivity contribution in [3.8, 4) is 11.5 Å². The second-order valence-corrected chi connectivity index (χ2v) is 7.57. The van der Waals surface area contributed by atoms with Crippen molar-refractivity contribution >= 4 is 21.7 Å². The molecule has 0 heterocycles. The molecule has 0 aromatic heterocycles. The van der Waals surface area contributed by atoms with Crippen LogP contribution in [0.1, 0.15) is 35.7 Å². The Bertz CT molecular complexity index is 904. The molecule has 2 aromatic rings. The van der Waals surface area contributed by atoms with Crippen molar-refractivity contribution in [3.05, 3.63) is 47.5 Å². The van der Waals surface area contributed by atoms with Crippen LogP contribution < -0.4 is 14.2 Å². The van der Waals surface area contributed by atoms with Crippen LogP contribution in [0.25, 0.3) is 0 Å². The molecule has 0 fully saturated rings. The van der Waals surface area contributed by atoms with E-state index in [4.69, 9.17) is 9.47 Å². The zero-order chi connectivity index (χ0) is 19.5. The van der Waals surface area contributed by atoms with Crippen LogP contribution >= 0.6 is 0 Å². The maximum atomic E-state index is 12.7. The molecule has 26 heavy (non-hydrogen) atoms. The SMILES string of the molecule is COc1cc(OC)c(NS(=O)(=O)c2ccc(C(C)C)cc2)c(C(=O)O)c1. The van der Waals surface area contributed by atoms with Gasteiger partial charge in [-0.2, -0.15) is 0 Å². The number of carboxylic acids is 1. The molecule has 0 bridgehead atoms. The van der Waals surface area contributed by atoms with Crippen molar-refractivity contribution in [2.45, 2.75) is 24.7 Å². The Balaban J connectivity index is 2.50. The van der Waals surface area contributed by atoms with E-state index in [1.807, 2.05) is 13.8 Å². The number of aromatic carboxylic acids is 1. The molecule has 8 heteroatoms. The summed E-state index contributed by atoms with van der Waals surface area (Å²) in [5.74, 6) is -0.761. The number of methoxy groups -OCH3 is 2. The minimum Gasteiger partial charge on any atom is -0.497 e. The standard InChI is InChI=1S/C18H21NO6S/c1-11(2)12-5-7-14(8-6-12)26(22,23)19-17-15(18(20)21)9-13(24-3)10-16(17)25-4/h5-11,19H,1-4H3,(H,20,21). The first kappa shape index (κ1) is 19.6. The number of anilines is 1. The lowest BCUT2D eigenvalue weighted by Gasteiger charge is -2.16. The van der Waals surface area contributed by atoms with Crippen molar-refractivity contribution in [1.82, 2.24) is 0 Å². The summed E-state index contributed by atoms with van der Waals surface area (Å²) in [5, 5.41) is 9.42. The molecular formula is C18H21NO6S. The smallest absolute Gasteiger partial charge is 0.338 e. The number of carboxylic acid groups (broad SMARTS) is 1. The Morgan fingerprint density at radius 1 is 1.08 bits per heavy atom. The molecule has 0 amide bonds. The molecule has 0 aliphatic heterocycles. The Labute approximate surface area is 152 Å². The van der Waals surface area contributed by atoms with Gasteiger partial charge in [0.2, 0.25) is 0 Å². The Morgan fingerprint density at radius 3 is 2.15 bits per heavy atom. The number of rotatable bonds is 7. The lowest BCUT2D eigenvalue weighted by molar-refractivity contribution is 0.0697. The Hall–Kier alpha value is -2.74. The number of hydrogen-bond donors (Lipinski definition) is 2. The molecule has 2 rings (SSSR count). The Kier molecular flexibility index (Phi) is 5.76. The first-order chi connectivity index (χ1) is 12.2. The van der Waals surface area contributed by atoms with Crippen LogP contribution in [0.5, 0.6) is 11.5 Å². The number of ether oxygens (including phenoxy) is 2. The van der Waals surface area contributed by atoms with Gasteiger partial charge in [-0.3, -0.25) is 4.72 Å². The summed E-state index contributed by atoms with van der Waals surface area (Å²) < 4.78 is 37.9. The molecular weight excluding hydrogens is 358 g/mol. The summed E-state index contributed by atoms with van der Waals surface area (Å²) in [6.45, 7) is 4.01.